The van der Waals surface area contributed by atoms with Crippen LogP contribution in [0.5, 0.6) is 0 Å². The molecule has 0 aliphatic rings. The zero-order valence-electron chi connectivity index (χ0n) is 15.0. The molecule has 0 amide bonds. The molecule has 0 fully saturated rings. The fourth-order valence-electron chi connectivity index (χ4n) is 2.03. The molecule has 142 valence electrons. The average molecular weight is 352 g/mol. The van der Waals surface area contributed by atoms with Crippen molar-refractivity contribution in [3.05, 3.63) is 48.6 Å². The van der Waals surface area contributed by atoms with E-state index in [4.69, 9.17) is 5.11 Å². The minimum Gasteiger partial charge on any atom is -0.481 e. The van der Waals surface area contributed by atoms with E-state index in [0.29, 0.717) is 6.42 Å². The van der Waals surface area contributed by atoms with Gasteiger partial charge in [0.25, 0.3) is 0 Å². The summed E-state index contributed by atoms with van der Waals surface area (Å²) in [6.45, 7) is 2.13. The number of unbranched alkanes of at least 4 members (excludes halogenated alkanes) is 2. The van der Waals surface area contributed by atoms with E-state index < -0.39 is 24.3 Å². The van der Waals surface area contributed by atoms with Gasteiger partial charge in [0.2, 0.25) is 0 Å². The Morgan fingerprint density at radius 3 is 2.04 bits per heavy atom. The van der Waals surface area contributed by atoms with Gasteiger partial charge in [0.15, 0.2) is 0 Å². The summed E-state index contributed by atoms with van der Waals surface area (Å²) in [5.41, 5.74) is 0. The van der Waals surface area contributed by atoms with Gasteiger partial charge >= 0.3 is 5.97 Å². The third-order valence-electron chi connectivity index (χ3n) is 3.49. The van der Waals surface area contributed by atoms with Crippen LogP contribution in [0.2, 0.25) is 0 Å². The second kappa shape index (κ2) is 15.8. The van der Waals surface area contributed by atoms with Crippen LogP contribution < -0.4 is 0 Å². The normalized spacial score (nSPS) is 16.3. The molecular formula is C20H32O5. The number of rotatable bonds is 14. The number of carbonyl (C=O) groups is 1. The lowest BCUT2D eigenvalue weighted by Crippen LogP contribution is -2.06. The van der Waals surface area contributed by atoms with Crippen LogP contribution in [0.1, 0.15) is 51.9 Å². The molecule has 5 heteroatoms. The van der Waals surface area contributed by atoms with Crippen molar-refractivity contribution in [1.82, 2.24) is 0 Å². The molecule has 0 radical (unpaired) electrons. The fourth-order valence-corrected chi connectivity index (χ4v) is 2.03. The van der Waals surface area contributed by atoms with E-state index in [1.54, 1.807) is 42.5 Å². The molecule has 0 aliphatic carbocycles. The topological polar surface area (TPSA) is 98.0 Å². The highest BCUT2D eigenvalue weighted by molar-refractivity contribution is 5.66. The lowest BCUT2D eigenvalue weighted by atomic mass is 10.1. The molecule has 0 saturated heterocycles. The van der Waals surface area contributed by atoms with Crippen LogP contribution in [-0.2, 0) is 4.79 Å². The summed E-state index contributed by atoms with van der Waals surface area (Å²) >= 11 is 0. The van der Waals surface area contributed by atoms with Gasteiger partial charge in [-0.15, -0.1) is 0 Å². The van der Waals surface area contributed by atoms with Crippen molar-refractivity contribution in [2.24, 2.45) is 0 Å². The van der Waals surface area contributed by atoms with Gasteiger partial charge in [-0.05, 0) is 19.3 Å². The third kappa shape index (κ3) is 16.9. The molecule has 0 saturated carbocycles. The van der Waals surface area contributed by atoms with Gasteiger partial charge in [0, 0.05) is 6.42 Å². The number of aliphatic carboxylic acids is 1. The van der Waals surface area contributed by atoms with Crippen LogP contribution in [-0.4, -0.2) is 44.7 Å². The molecule has 0 aliphatic heterocycles. The van der Waals surface area contributed by atoms with Gasteiger partial charge in [-0.1, -0.05) is 74.8 Å². The Labute approximate surface area is 150 Å². The second-order valence-electron chi connectivity index (χ2n) is 5.95. The van der Waals surface area contributed by atoms with E-state index in [0.717, 1.165) is 25.7 Å². The predicted molar refractivity (Wildman–Crippen MR) is 100 cm³/mol. The number of hydrogen-bond acceptors (Lipinski definition) is 4. The fraction of sp³-hybridized carbons (Fsp3) is 0.550. The minimum atomic E-state index is -0.940. The first kappa shape index (κ1) is 23.3. The molecule has 3 unspecified atom stereocenters. The summed E-state index contributed by atoms with van der Waals surface area (Å²) < 4.78 is 0. The van der Waals surface area contributed by atoms with Gasteiger partial charge in [-0.25, -0.2) is 0 Å². The highest BCUT2D eigenvalue weighted by Gasteiger charge is 2.03. The Hall–Kier alpha value is -1.69. The molecule has 0 aromatic heterocycles. The summed E-state index contributed by atoms with van der Waals surface area (Å²) in [6, 6.07) is 0. The van der Waals surface area contributed by atoms with Gasteiger partial charge in [0.05, 0.1) is 18.3 Å². The lowest BCUT2D eigenvalue weighted by molar-refractivity contribution is -0.137. The minimum absolute atomic E-state index is 0.0838. The van der Waals surface area contributed by atoms with E-state index in [-0.39, 0.29) is 12.8 Å². The first-order valence-electron chi connectivity index (χ1n) is 8.90. The van der Waals surface area contributed by atoms with E-state index >= 15 is 0 Å². The molecule has 5 nitrogen and oxygen atoms in total. The summed E-state index contributed by atoms with van der Waals surface area (Å²) in [5.74, 6) is -0.940. The lowest BCUT2D eigenvalue weighted by Gasteiger charge is -2.03. The standard InChI is InChI=1S/C20H32O5/c1-2-3-6-10-17(21)11-7-4-5-8-12-18(22)13-9-14-19(23)15-16-20(24)25/h4-5,7-9,11-12,14,17-19,21-23H,2-3,6,10,13,15-16H2,1H3,(H,24,25)/b5-4-,11-7+,12-8+,14-9-. The first-order chi connectivity index (χ1) is 12.0. The van der Waals surface area contributed by atoms with Gasteiger partial charge in [-0.3, -0.25) is 4.79 Å². The molecule has 4 N–H and O–H groups in total. The number of hydrogen-bond donors (Lipinski definition) is 4. The number of aliphatic hydroxyl groups is 3. The largest absolute Gasteiger partial charge is 0.481 e. The van der Waals surface area contributed by atoms with Crippen molar-refractivity contribution in [1.29, 1.82) is 0 Å². The summed E-state index contributed by atoms with van der Waals surface area (Å²) in [7, 11) is 0. The summed E-state index contributed by atoms with van der Waals surface area (Å²) in [5, 5.41) is 37.4. The zero-order chi connectivity index (χ0) is 18.9. The molecule has 0 rings (SSSR count). The van der Waals surface area contributed by atoms with E-state index in [2.05, 4.69) is 6.92 Å². The Morgan fingerprint density at radius 1 is 0.840 bits per heavy atom. The van der Waals surface area contributed by atoms with Crippen LogP contribution in [0, 0.1) is 0 Å². The monoisotopic (exact) mass is 352 g/mol. The Bertz CT molecular complexity index is 451. The molecule has 0 spiro atoms. The highest BCUT2D eigenvalue weighted by atomic mass is 16.4. The van der Waals surface area contributed by atoms with Crippen molar-refractivity contribution in [2.45, 2.75) is 70.2 Å². The predicted octanol–water partition coefficient (Wildman–Crippen LogP) is 3.13. The van der Waals surface area contributed by atoms with E-state index in [1.807, 2.05) is 0 Å². The summed E-state index contributed by atoms with van der Waals surface area (Å²) in [6.07, 6.45) is 16.2. The highest BCUT2D eigenvalue weighted by Crippen LogP contribution is 2.04. The van der Waals surface area contributed by atoms with E-state index in [1.165, 1.54) is 6.08 Å². The van der Waals surface area contributed by atoms with Crippen LogP contribution in [0.25, 0.3) is 0 Å². The van der Waals surface area contributed by atoms with E-state index in [9.17, 15) is 20.1 Å². The summed E-state index contributed by atoms with van der Waals surface area (Å²) in [4.78, 5) is 10.4. The number of carboxylic acids is 1. The number of allylic oxidation sites excluding steroid dienone is 4. The van der Waals surface area contributed by atoms with Crippen LogP contribution in [0.3, 0.4) is 0 Å². The third-order valence-corrected chi connectivity index (χ3v) is 3.49. The van der Waals surface area contributed by atoms with Crippen molar-refractivity contribution < 1.29 is 25.2 Å². The molecular weight excluding hydrogens is 320 g/mol. The quantitative estimate of drug-likeness (QED) is 0.219. The van der Waals surface area contributed by atoms with Crippen LogP contribution in [0.4, 0.5) is 0 Å². The SMILES string of the molecule is CCCCCC(O)/C=C/C=C\C=C\C(O)C/C=C\C(O)CCC(=O)O. The molecule has 0 heterocycles. The molecule has 3 atom stereocenters. The van der Waals surface area contributed by atoms with Crippen LogP contribution in [0.15, 0.2) is 48.6 Å². The second-order valence-corrected chi connectivity index (χ2v) is 5.95. The zero-order valence-corrected chi connectivity index (χ0v) is 15.0. The maximum Gasteiger partial charge on any atom is 0.303 e. The van der Waals surface area contributed by atoms with Crippen molar-refractivity contribution in [2.75, 3.05) is 0 Å². The number of carboxylic acid groups (broad SMARTS) is 1. The van der Waals surface area contributed by atoms with Crippen molar-refractivity contribution >= 4 is 5.97 Å². The van der Waals surface area contributed by atoms with Gasteiger partial charge in [0.1, 0.15) is 0 Å². The smallest absolute Gasteiger partial charge is 0.303 e. The molecule has 0 aromatic carbocycles. The van der Waals surface area contributed by atoms with Crippen molar-refractivity contribution in [3.8, 4) is 0 Å². The van der Waals surface area contributed by atoms with Crippen LogP contribution >= 0.6 is 0 Å². The maximum absolute atomic E-state index is 10.4. The maximum atomic E-state index is 10.4. The van der Waals surface area contributed by atoms with Gasteiger partial charge < -0.3 is 20.4 Å². The first-order valence-corrected chi connectivity index (χ1v) is 8.90. The van der Waals surface area contributed by atoms with Gasteiger partial charge in [-0.2, -0.15) is 0 Å². The molecule has 0 bridgehead atoms. The Morgan fingerprint density at radius 2 is 1.44 bits per heavy atom. The Balaban J connectivity index is 3.94. The average Bonchev–Trinajstić information content (AvgIpc) is 2.56. The Kier molecular flexibility index (Phi) is 14.7. The molecule has 25 heavy (non-hydrogen) atoms. The molecule has 0 aromatic rings. The van der Waals surface area contributed by atoms with Crippen molar-refractivity contribution in [3.63, 3.8) is 0 Å². The number of aliphatic hydroxyl groups excluding tert-OH is 3.